The molecule has 1 heterocycles. The predicted octanol–water partition coefficient (Wildman–Crippen LogP) is 5.48. The molecule has 3 amide bonds. The Kier molecular flexibility index (Phi) is 6.47. The molecule has 0 fully saturated rings. The van der Waals surface area contributed by atoms with Crippen molar-refractivity contribution in [2.24, 2.45) is 0 Å². The second-order valence-electron chi connectivity index (χ2n) is 7.95. The third kappa shape index (κ3) is 4.76. The summed E-state index contributed by atoms with van der Waals surface area (Å²) in [6, 6.07) is 22.4. The van der Waals surface area contributed by atoms with Gasteiger partial charge in [-0.3, -0.25) is 14.4 Å². The van der Waals surface area contributed by atoms with Gasteiger partial charge in [0.15, 0.2) is 0 Å². The van der Waals surface area contributed by atoms with Crippen molar-refractivity contribution >= 4 is 46.4 Å². The molecule has 33 heavy (non-hydrogen) atoms. The summed E-state index contributed by atoms with van der Waals surface area (Å²) in [6.07, 6.45) is 0. The van der Waals surface area contributed by atoms with Crippen LogP contribution in [0.5, 0.6) is 0 Å². The number of rotatable bonds is 6. The van der Waals surface area contributed by atoms with Crippen LogP contribution in [0.25, 0.3) is 5.57 Å². The number of anilines is 2. The van der Waals surface area contributed by atoms with Crippen molar-refractivity contribution < 1.29 is 14.4 Å². The number of carbonyl (C=O) groups is 3. The number of imide groups is 1. The average molecular weight is 457 g/mol. The molecule has 0 spiro atoms. The van der Waals surface area contributed by atoms with Gasteiger partial charge in [0.05, 0.1) is 16.2 Å². The summed E-state index contributed by atoms with van der Waals surface area (Å²) in [5.41, 5.74) is 5.40. The maximum absolute atomic E-state index is 13.6. The highest BCUT2D eigenvalue weighted by Gasteiger charge is 2.40. The van der Waals surface area contributed by atoms with E-state index in [2.05, 4.69) is 5.32 Å². The highest BCUT2D eigenvalue weighted by Crippen LogP contribution is 2.40. The molecule has 1 N–H and O–H groups in total. The zero-order valence-electron chi connectivity index (χ0n) is 18.7. The van der Waals surface area contributed by atoms with Gasteiger partial charge in [0, 0.05) is 18.4 Å². The Balaban J connectivity index is 1.73. The van der Waals surface area contributed by atoms with E-state index in [1.54, 1.807) is 30.3 Å². The van der Waals surface area contributed by atoms with Crippen molar-refractivity contribution in [3.8, 4) is 0 Å². The second-order valence-corrected chi connectivity index (χ2v) is 8.94. The molecule has 0 bridgehead atoms. The number of nitrogens with zero attached hydrogens (tertiary/aromatic N) is 1. The van der Waals surface area contributed by atoms with Crippen molar-refractivity contribution in [1.82, 2.24) is 0 Å². The van der Waals surface area contributed by atoms with E-state index in [1.807, 2.05) is 56.3 Å². The van der Waals surface area contributed by atoms with E-state index in [9.17, 15) is 14.4 Å². The molecule has 0 saturated carbocycles. The number of thioether (sulfide) groups is 1. The van der Waals surface area contributed by atoms with Crippen LogP contribution in [0.15, 0.2) is 77.7 Å². The molecule has 1 aliphatic heterocycles. The van der Waals surface area contributed by atoms with Crippen LogP contribution >= 0.6 is 11.8 Å². The molecule has 4 rings (SSSR count). The number of benzene rings is 3. The summed E-state index contributed by atoms with van der Waals surface area (Å²) in [5.74, 6) is -0.256. The molecule has 0 aromatic heterocycles. The van der Waals surface area contributed by atoms with Crippen molar-refractivity contribution in [2.45, 2.75) is 26.5 Å². The minimum Gasteiger partial charge on any atom is -0.326 e. The van der Waals surface area contributed by atoms with Crippen LogP contribution in [0.3, 0.4) is 0 Å². The van der Waals surface area contributed by atoms with Crippen LogP contribution in [0.1, 0.15) is 29.2 Å². The molecule has 0 unspecified atom stereocenters. The van der Waals surface area contributed by atoms with Crippen LogP contribution in [-0.4, -0.2) is 17.7 Å². The fourth-order valence-corrected chi connectivity index (χ4v) is 4.72. The standard InChI is InChI=1S/C27H24N2O3S/c1-17-9-14-23(15-18(17)2)29-26(31)24(21-10-12-22(13-11-21)28-19(3)30)25(27(29)32)33-16-20-7-5-4-6-8-20/h4-15H,16H2,1-3H3,(H,28,30). The zero-order chi connectivity index (χ0) is 23.5. The summed E-state index contributed by atoms with van der Waals surface area (Å²) >= 11 is 1.37. The fraction of sp³-hybridized carbons (Fsp3) is 0.148. The summed E-state index contributed by atoms with van der Waals surface area (Å²) in [7, 11) is 0. The third-order valence-electron chi connectivity index (χ3n) is 5.51. The van der Waals surface area contributed by atoms with Crippen LogP contribution in [-0.2, 0) is 20.1 Å². The van der Waals surface area contributed by atoms with Gasteiger partial charge in [-0.2, -0.15) is 0 Å². The lowest BCUT2D eigenvalue weighted by atomic mass is 10.1. The lowest BCUT2D eigenvalue weighted by Gasteiger charge is -2.16. The van der Waals surface area contributed by atoms with Gasteiger partial charge in [-0.15, -0.1) is 11.8 Å². The SMILES string of the molecule is CC(=O)Nc1ccc(C2=C(SCc3ccccc3)C(=O)N(c3ccc(C)c(C)c3)C2=O)cc1. The van der Waals surface area contributed by atoms with E-state index in [4.69, 9.17) is 0 Å². The average Bonchev–Trinajstić information content (AvgIpc) is 3.04. The fourth-order valence-electron chi connectivity index (χ4n) is 3.65. The first-order chi connectivity index (χ1) is 15.8. The summed E-state index contributed by atoms with van der Waals surface area (Å²) < 4.78 is 0. The minimum atomic E-state index is -0.342. The smallest absolute Gasteiger partial charge is 0.272 e. The van der Waals surface area contributed by atoms with Crippen molar-refractivity contribution in [2.75, 3.05) is 10.2 Å². The quantitative estimate of drug-likeness (QED) is 0.499. The second kappa shape index (κ2) is 9.46. The number of carbonyl (C=O) groups excluding carboxylic acids is 3. The summed E-state index contributed by atoms with van der Waals surface area (Å²) in [5, 5.41) is 2.72. The van der Waals surface area contributed by atoms with Gasteiger partial charge < -0.3 is 5.32 Å². The Morgan fingerprint density at radius 2 is 1.58 bits per heavy atom. The maximum atomic E-state index is 13.6. The molecule has 3 aromatic rings. The minimum absolute atomic E-state index is 0.172. The first kappa shape index (κ1) is 22.6. The monoisotopic (exact) mass is 456 g/mol. The van der Waals surface area contributed by atoms with Crippen LogP contribution in [0.2, 0.25) is 0 Å². The number of hydrogen-bond donors (Lipinski definition) is 1. The normalized spacial score (nSPS) is 13.6. The van der Waals surface area contributed by atoms with Gasteiger partial charge in [-0.05, 0) is 60.4 Å². The molecule has 3 aromatic carbocycles. The first-order valence-corrected chi connectivity index (χ1v) is 11.6. The molecule has 0 saturated heterocycles. The molecule has 6 heteroatoms. The van der Waals surface area contributed by atoms with Crippen LogP contribution in [0.4, 0.5) is 11.4 Å². The molecular formula is C27H24N2O3S. The lowest BCUT2D eigenvalue weighted by Crippen LogP contribution is -2.31. The molecule has 5 nitrogen and oxygen atoms in total. The largest absolute Gasteiger partial charge is 0.326 e. The van der Waals surface area contributed by atoms with Crippen LogP contribution in [0, 0.1) is 13.8 Å². The number of amides is 3. The zero-order valence-corrected chi connectivity index (χ0v) is 19.5. The van der Waals surface area contributed by atoms with Crippen molar-refractivity contribution in [3.05, 3.63) is 100.0 Å². The molecule has 0 atom stereocenters. The number of hydrogen-bond acceptors (Lipinski definition) is 4. The van der Waals surface area contributed by atoms with Gasteiger partial charge in [0.2, 0.25) is 5.91 Å². The molecule has 166 valence electrons. The predicted molar refractivity (Wildman–Crippen MR) is 134 cm³/mol. The molecule has 0 aliphatic carbocycles. The summed E-state index contributed by atoms with van der Waals surface area (Å²) in [6.45, 7) is 5.40. The lowest BCUT2D eigenvalue weighted by molar-refractivity contribution is -0.120. The van der Waals surface area contributed by atoms with Gasteiger partial charge in [0.1, 0.15) is 0 Å². The van der Waals surface area contributed by atoms with Gasteiger partial charge in [-0.25, -0.2) is 4.90 Å². The Bertz CT molecular complexity index is 1260. The first-order valence-electron chi connectivity index (χ1n) is 10.6. The Morgan fingerprint density at radius 3 is 2.21 bits per heavy atom. The van der Waals surface area contributed by atoms with Crippen LogP contribution < -0.4 is 10.2 Å². The third-order valence-corrected chi connectivity index (χ3v) is 6.66. The maximum Gasteiger partial charge on any atom is 0.272 e. The topological polar surface area (TPSA) is 66.5 Å². The number of nitrogens with one attached hydrogen (secondary N) is 1. The highest BCUT2D eigenvalue weighted by atomic mass is 32.2. The molecule has 0 radical (unpaired) electrons. The van der Waals surface area contributed by atoms with E-state index >= 15 is 0 Å². The van der Waals surface area contributed by atoms with E-state index in [0.717, 1.165) is 16.7 Å². The Morgan fingerprint density at radius 1 is 0.879 bits per heavy atom. The molecular weight excluding hydrogens is 432 g/mol. The van der Waals surface area contributed by atoms with E-state index < -0.39 is 0 Å². The van der Waals surface area contributed by atoms with E-state index in [1.165, 1.54) is 23.6 Å². The molecule has 1 aliphatic rings. The Labute approximate surface area is 197 Å². The number of aryl methyl sites for hydroxylation is 2. The van der Waals surface area contributed by atoms with Crippen molar-refractivity contribution in [3.63, 3.8) is 0 Å². The van der Waals surface area contributed by atoms with E-state index in [0.29, 0.717) is 33.2 Å². The van der Waals surface area contributed by atoms with Gasteiger partial charge >= 0.3 is 0 Å². The van der Waals surface area contributed by atoms with E-state index in [-0.39, 0.29) is 17.7 Å². The summed E-state index contributed by atoms with van der Waals surface area (Å²) in [4.78, 5) is 40.1. The van der Waals surface area contributed by atoms with Gasteiger partial charge in [0.25, 0.3) is 11.8 Å². The van der Waals surface area contributed by atoms with Gasteiger partial charge in [-0.1, -0.05) is 48.5 Å². The highest BCUT2D eigenvalue weighted by molar-refractivity contribution is 8.03. The Hall–Kier alpha value is -3.64. The van der Waals surface area contributed by atoms with Crippen molar-refractivity contribution in [1.29, 1.82) is 0 Å².